The van der Waals surface area contributed by atoms with Gasteiger partial charge >= 0.3 is 0 Å². The fourth-order valence-corrected chi connectivity index (χ4v) is 1.46. The Morgan fingerprint density at radius 3 is 2.60 bits per heavy atom. The lowest BCUT2D eigenvalue weighted by atomic mass is 10.2. The number of benzene rings is 1. The van der Waals surface area contributed by atoms with E-state index in [1.54, 1.807) is 0 Å². The Kier molecular flexibility index (Phi) is 2.37. The molecule has 0 aliphatic carbocycles. The molecule has 1 aromatic carbocycles. The van der Waals surface area contributed by atoms with Crippen LogP contribution in [0.5, 0.6) is 0 Å². The molecule has 78 valence electrons. The monoisotopic (exact) mass is 202 g/mol. The molecule has 1 heterocycles. The minimum Gasteiger partial charge on any atom is -0.446 e. The van der Waals surface area contributed by atoms with Gasteiger partial charge in [-0.3, -0.25) is 0 Å². The van der Waals surface area contributed by atoms with E-state index in [2.05, 4.69) is 0 Å². The van der Waals surface area contributed by atoms with E-state index in [1.807, 2.05) is 55.3 Å². The van der Waals surface area contributed by atoms with Crippen molar-refractivity contribution in [3.05, 3.63) is 42.2 Å². The van der Waals surface area contributed by atoms with Crippen molar-refractivity contribution in [3.8, 4) is 0 Å². The molecule has 2 aromatic rings. The molecule has 0 amide bonds. The highest BCUT2D eigenvalue weighted by atomic mass is 16.4. The van der Waals surface area contributed by atoms with Gasteiger partial charge in [0, 0.05) is 24.5 Å². The van der Waals surface area contributed by atoms with Crippen molar-refractivity contribution in [2.24, 2.45) is 0 Å². The molecular formula is C12H14N2O. The average Bonchev–Trinajstić information content (AvgIpc) is 2.64. The summed E-state index contributed by atoms with van der Waals surface area (Å²) < 4.78 is 5.52. The molecule has 0 saturated heterocycles. The number of rotatable bonds is 2. The van der Waals surface area contributed by atoms with Gasteiger partial charge in [0.2, 0.25) is 0 Å². The Labute approximate surface area is 89.1 Å². The van der Waals surface area contributed by atoms with Crippen LogP contribution in [0.25, 0.3) is 0 Å². The molecule has 2 rings (SSSR count). The molecule has 0 unspecified atom stereocenters. The van der Waals surface area contributed by atoms with E-state index in [0.717, 1.165) is 23.0 Å². The predicted octanol–water partition coefficient (Wildman–Crippen LogP) is 2.94. The van der Waals surface area contributed by atoms with Crippen molar-refractivity contribution in [1.29, 1.82) is 0 Å². The highest BCUT2D eigenvalue weighted by molar-refractivity contribution is 5.62. The van der Waals surface area contributed by atoms with Crippen molar-refractivity contribution < 1.29 is 4.42 Å². The van der Waals surface area contributed by atoms with Crippen LogP contribution in [0.1, 0.15) is 5.76 Å². The van der Waals surface area contributed by atoms with Crippen molar-refractivity contribution in [2.75, 3.05) is 17.7 Å². The van der Waals surface area contributed by atoms with E-state index in [9.17, 15) is 0 Å². The standard InChI is InChI=1S/C12H14N2O/c1-9-6-7-12(15-9)14(2)11-5-3-4-10(13)8-11/h3-8H,13H2,1-2H3. The second-order valence-electron chi connectivity index (χ2n) is 3.54. The van der Waals surface area contributed by atoms with E-state index in [1.165, 1.54) is 0 Å². The molecule has 0 saturated carbocycles. The first-order valence-corrected chi connectivity index (χ1v) is 4.82. The molecule has 0 spiro atoms. The number of nitrogens with zero attached hydrogens (tertiary/aromatic N) is 1. The van der Waals surface area contributed by atoms with Gasteiger partial charge in [0.05, 0.1) is 0 Å². The van der Waals surface area contributed by atoms with Crippen molar-refractivity contribution in [2.45, 2.75) is 6.92 Å². The second kappa shape index (κ2) is 3.69. The minimum atomic E-state index is 0.752. The van der Waals surface area contributed by atoms with Gasteiger partial charge in [0.15, 0.2) is 5.88 Å². The van der Waals surface area contributed by atoms with Gasteiger partial charge in [0.1, 0.15) is 5.76 Å². The quantitative estimate of drug-likeness (QED) is 0.761. The number of hydrogen-bond acceptors (Lipinski definition) is 3. The lowest BCUT2D eigenvalue weighted by Crippen LogP contribution is -2.08. The number of aryl methyl sites for hydroxylation is 1. The third-order valence-electron chi connectivity index (χ3n) is 2.31. The Morgan fingerprint density at radius 1 is 1.20 bits per heavy atom. The fourth-order valence-electron chi connectivity index (χ4n) is 1.46. The van der Waals surface area contributed by atoms with Crippen LogP contribution in [0.15, 0.2) is 40.8 Å². The largest absolute Gasteiger partial charge is 0.446 e. The van der Waals surface area contributed by atoms with Gasteiger partial charge in [0.25, 0.3) is 0 Å². The van der Waals surface area contributed by atoms with Gasteiger partial charge in [-0.1, -0.05) is 6.07 Å². The van der Waals surface area contributed by atoms with Crippen LogP contribution in [0.4, 0.5) is 17.3 Å². The zero-order chi connectivity index (χ0) is 10.8. The lowest BCUT2D eigenvalue weighted by molar-refractivity contribution is 0.538. The summed E-state index contributed by atoms with van der Waals surface area (Å²) in [5.41, 5.74) is 7.49. The molecule has 0 fully saturated rings. The molecule has 3 heteroatoms. The van der Waals surface area contributed by atoms with Crippen LogP contribution in [-0.2, 0) is 0 Å². The molecule has 0 radical (unpaired) electrons. The van der Waals surface area contributed by atoms with E-state index in [-0.39, 0.29) is 0 Å². The Bertz CT molecular complexity index is 462. The summed E-state index contributed by atoms with van der Waals surface area (Å²) in [5.74, 6) is 1.72. The lowest BCUT2D eigenvalue weighted by Gasteiger charge is -2.16. The zero-order valence-corrected chi connectivity index (χ0v) is 8.90. The summed E-state index contributed by atoms with van der Waals surface area (Å²) >= 11 is 0. The van der Waals surface area contributed by atoms with Crippen molar-refractivity contribution in [1.82, 2.24) is 0 Å². The third-order valence-corrected chi connectivity index (χ3v) is 2.31. The van der Waals surface area contributed by atoms with E-state index in [0.29, 0.717) is 0 Å². The average molecular weight is 202 g/mol. The van der Waals surface area contributed by atoms with Gasteiger partial charge in [-0.25, -0.2) is 0 Å². The molecular weight excluding hydrogens is 188 g/mol. The summed E-state index contributed by atoms with van der Waals surface area (Å²) in [5, 5.41) is 0. The number of furan rings is 1. The van der Waals surface area contributed by atoms with Crippen LogP contribution >= 0.6 is 0 Å². The molecule has 3 nitrogen and oxygen atoms in total. The highest BCUT2D eigenvalue weighted by Gasteiger charge is 2.07. The molecule has 2 N–H and O–H groups in total. The van der Waals surface area contributed by atoms with E-state index < -0.39 is 0 Å². The second-order valence-corrected chi connectivity index (χ2v) is 3.54. The molecule has 15 heavy (non-hydrogen) atoms. The predicted molar refractivity (Wildman–Crippen MR) is 62.4 cm³/mol. The summed E-state index contributed by atoms with van der Waals surface area (Å²) in [4.78, 5) is 1.96. The van der Waals surface area contributed by atoms with Crippen molar-refractivity contribution >= 4 is 17.3 Å². The molecule has 0 aliphatic rings. The van der Waals surface area contributed by atoms with E-state index >= 15 is 0 Å². The van der Waals surface area contributed by atoms with Gasteiger partial charge in [-0.05, 0) is 31.2 Å². The maximum absolute atomic E-state index is 5.72. The Balaban J connectivity index is 2.32. The summed E-state index contributed by atoms with van der Waals surface area (Å²) in [7, 11) is 1.95. The Morgan fingerprint density at radius 2 is 2.00 bits per heavy atom. The van der Waals surface area contributed by atoms with Gasteiger partial charge in [-0.2, -0.15) is 0 Å². The summed E-state index contributed by atoms with van der Waals surface area (Å²) in [6.07, 6.45) is 0. The Hall–Kier alpha value is -1.90. The minimum absolute atomic E-state index is 0.752. The third kappa shape index (κ3) is 1.96. The maximum atomic E-state index is 5.72. The van der Waals surface area contributed by atoms with Crippen LogP contribution in [0.2, 0.25) is 0 Å². The first kappa shape index (κ1) is 9.65. The van der Waals surface area contributed by atoms with Crippen LogP contribution in [0.3, 0.4) is 0 Å². The van der Waals surface area contributed by atoms with Gasteiger partial charge < -0.3 is 15.1 Å². The molecule has 0 atom stereocenters. The molecule has 0 aliphatic heterocycles. The van der Waals surface area contributed by atoms with Crippen molar-refractivity contribution in [3.63, 3.8) is 0 Å². The molecule has 1 aromatic heterocycles. The SMILES string of the molecule is Cc1ccc(N(C)c2cccc(N)c2)o1. The topological polar surface area (TPSA) is 42.4 Å². The zero-order valence-electron chi connectivity index (χ0n) is 8.90. The van der Waals surface area contributed by atoms with Crippen LogP contribution in [0, 0.1) is 6.92 Å². The first-order valence-electron chi connectivity index (χ1n) is 4.82. The fraction of sp³-hybridized carbons (Fsp3) is 0.167. The number of hydrogen-bond donors (Lipinski definition) is 1. The van der Waals surface area contributed by atoms with Crippen LogP contribution < -0.4 is 10.6 Å². The number of anilines is 3. The maximum Gasteiger partial charge on any atom is 0.199 e. The normalized spacial score (nSPS) is 10.3. The van der Waals surface area contributed by atoms with Crippen LogP contribution in [-0.4, -0.2) is 7.05 Å². The smallest absolute Gasteiger partial charge is 0.199 e. The van der Waals surface area contributed by atoms with E-state index in [4.69, 9.17) is 10.2 Å². The molecule has 0 bridgehead atoms. The first-order chi connectivity index (χ1) is 7.16. The summed E-state index contributed by atoms with van der Waals surface area (Å²) in [6, 6.07) is 11.6. The summed E-state index contributed by atoms with van der Waals surface area (Å²) in [6.45, 7) is 1.93. The van der Waals surface area contributed by atoms with Gasteiger partial charge in [-0.15, -0.1) is 0 Å². The number of nitrogens with two attached hydrogens (primary N) is 1. The number of nitrogen functional groups attached to an aromatic ring is 1. The highest BCUT2D eigenvalue weighted by Crippen LogP contribution is 2.26.